The predicted molar refractivity (Wildman–Crippen MR) is 327 cm³/mol. The molecule has 0 amide bonds. The van der Waals surface area contributed by atoms with Gasteiger partial charge in [0, 0.05) is 65.3 Å². The van der Waals surface area contributed by atoms with Crippen molar-refractivity contribution < 1.29 is 28.4 Å². The number of rotatable bonds is 29. The quantitative estimate of drug-likeness (QED) is 0.0350. The summed E-state index contributed by atoms with van der Waals surface area (Å²) in [6.07, 6.45) is 1.02. The van der Waals surface area contributed by atoms with Crippen molar-refractivity contribution in [3.63, 3.8) is 0 Å². The Labute approximate surface area is 484 Å². The maximum atomic E-state index is 14.5. The molecular formula is C38H62N12O12S12. The summed E-state index contributed by atoms with van der Waals surface area (Å²) in [4.78, 5) is 86.2. The zero-order valence-corrected chi connectivity index (χ0v) is 51.8. The van der Waals surface area contributed by atoms with Crippen molar-refractivity contribution in [3.8, 4) is 0 Å². The number of aromatic nitrogens is 6. The fourth-order valence-electron chi connectivity index (χ4n) is 6.16. The fraction of sp³-hybridized carbons (Fsp3) is 0.684. The Balaban J connectivity index is 2.77. The molecule has 0 bridgehead atoms. The third-order valence-electron chi connectivity index (χ3n) is 9.51. The molecule has 0 aliphatic rings. The van der Waals surface area contributed by atoms with Crippen molar-refractivity contribution in [2.75, 3.05) is 102 Å². The number of nitrogens with zero attached hydrogens (tertiary/aromatic N) is 6. The normalized spacial score (nSPS) is 13.4. The van der Waals surface area contributed by atoms with Gasteiger partial charge in [-0.05, 0) is 98.3 Å². The molecule has 0 aliphatic heterocycles. The topological polar surface area (TPSA) is 260 Å². The van der Waals surface area contributed by atoms with Crippen LogP contribution in [-0.4, -0.2) is 185 Å². The maximum Gasteiger partial charge on any atom is 0.339 e. The standard InChI is InChI=1S/C38H62N12O12S12/c1-39-27(63)57-21(15-69-7)11-45-33(51)47(37(55)49(35(45)53)25(19-71-9)61-31(67)43-5)13-23(59-29(65)41-3)17-73-74-18-24(60-30(66)42-4)14-48-34(52)46(12-22(16-70-8)58-28(64)40-2)36(54)50(38(48)56)26(20-72-10)62-32(68)44-6/h21-26H,11-20H2,1-10H3,(H,39,63)(H,40,64)(H,41,65)(H,42,66)(H,43,67)(H,44,68). The van der Waals surface area contributed by atoms with E-state index in [1.165, 1.54) is 96.8 Å². The fourth-order valence-corrected chi connectivity index (χ4v) is 11.4. The van der Waals surface area contributed by atoms with Crippen molar-refractivity contribution in [3.05, 3.63) is 62.9 Å². The van der Waals surface area contributed by atoms with Gasteiger partial charge in [-0.3, -0.25) is 0 Å². The van der Waals surface area contributed by atoms with E-state index >= 15 is 0 Å². The average molecular weight is 1260 g/mol. The molecule has 0 saturated carbocycles. The number of thiocarbonyl (C=S) groups is 6. The molecule has 0 fully saturated rings. The lowest BCUT2D eigenvalue weighted by Gasteiger charge is -2.25. The van der Waals surface area contributed by atoms with E-state index in [1.54, 1.807) is 26.6 Å². The Morgan fingerprint density at radius 1 is 0.365 bits per heavy atom. The van der Waals surface area contributed by atoms with Crippen LogP contribution in [0.5, 0.6) is 0 Å². The van der Waals surface area contributed by atoms with Crippen LogP contribution in [0.3, 0.4) is 0 Å². The lowest BCUT2D eigenvalue weighted by atomic mass is 10.4. The summed E-state index contributed by atoms with van der Waals surface area (Å²) < 4.78 is 40.5. The van der Waals surface area contributed by atoms with Gasteiger partial charge in [-0.1, -0.05) is 21.6 Å². The Hall–Kier alpha value is -2.94. The molecular weight excluding hydrogens is 1200 g/mol. The van der Waals surface area contributed by atoms with Gasteiger partial charge in [0.05, 0.1) is 37.7 Å². The van der Waals surface area contributed by atoms with Crippen LogP contribution in [0.4, 0.5) is 0 Å². The Bertz CT molecular complexity index is 2420. The van der Waals surface area contributed by atoms with Crippen molar-refractivity contribution in [1.82, 2.24) is 59.3 Å². The summed E-state index contributed by atoms with van der Waals surface area (Å²) >= 11 is 37.0. The summed E-state index contributed by atoms with van der Waals surface area (Å²) in [7, 11) is 11.6. The van der Waals surface area contributed by atoms with Gasteiger partial charge in [-0.25, -0.2) is 56.2 Å². The second-order valence-corrected chi connectivity index (χ2v) is 23.0. The average Bonchev–Trinajstić information content (AvgIpc) is 3.37. The first-order chi connectivity index (χ1) is 35.2. The van der Waals surface area contributed by atoms with Gasteiger partial charge in [0.15, 0.2) is 12.5 Å². The molecule has 6 atom stereocenters. The second kappa shape index (κ2) is 35.5. The van der Waals surface area contributed by atoms with Crippen LogP contribution in [-0.2, 0) is 54.6 Å². The van der Waals surface area contributed by atoms with E-state index in [1.807, 2.05) is 12.5 Å². The van der Waals surface area contributed by atoms with E-state index in [-0.39, 0.29) is 67.1 Å². The van der Waals surface area contributed by atoms with Gasteiger partial charge in [-0.15, -0.1) is 0 Å². The van der Waals surface area contributed by atoms with E-state index in [4.69, 9.17) is 102 Å². The molecule has 2 aromatic heterocycles. The Kier molecular flexibility index (Phi) is 32.2. The molecule has 74 heavy (non-hydrogen) atoms. The van der Waals surface area contributed by atoms with Crippen molar-refractivity contribution in [2.24, 2.45) is 0 Å². The summed E-state index contributed by atoms with van der Waals surface area (Å²) in [6.45, 7) is -1.45. The number of nitrogens with one attached hydrogen (secondary N) is 6. The van der Waals surface area contributed by atoms with Crippen molar-refractivity contribution in [2.45, 2.75) is 63.1 Å². The second-order valence-electron chi connectivity index (χ2n) is 14.6. The minimum atomic E-state index is -1.25. The van der Waals surface area contributed by atoms with Gasteiger partial charge < -0.3 is 60.3 Å². The van der Waals surface area contributed by atoms with Crippen molar-refractivity contribution >= 4 is 173 Å². The highest BCUT2D eigenvalue weighted by atomic mass is 33.1. The molecule has 6 N–H and O–H groups in total. The summed E-state index contributed by atoms with van der Waals surface area (Å²) in [5.41, 5.74) is -5.91. The van der Waals surface area contributed by atoms with Crippen LogP contribution in [0, 0.1) is 0 Å². The van der Waals surface area contributed by atoms with Gasteiger partial charge in [0.2, 0.25) is 0 Å². The SMILES string of the molecule is CNC(=S)OC(CSC)Cn1c(=O)n(CC(CSSCC(Cn2c(=O)n(CC(CSC)OC(=S)NC)c(=O)n(C(CSC)OC(=S)NC)c2=O)OC(=S)NC)OC(=S)NC)c(=O)n(C(CSC)OC(=S)NC)c1=O. The van der Waals surface area contributed by atoms with E-state index in [2.05, 4.69) is 31.9 Å². The molecule has 0 saturated heterocycles. The molecule has 2 rings (SSSR count). The highest BCUT2D eigenvalue weighted by molar-refractivity contribution is 8.76. The minimum absolute atomic E-state index is 0.0294. The Morgan fingerprint density at radius 2 is 0.581 bits per heavy atom. The van der Waals surface area contributed by atoms with Gasteiger partial charge in [-0.2, -0.15) is 47.0 Å². The van der Waals surface area contributed by atoms with Gasteiger partial charge in [0.25, 0.3) is 31.0 Å². The summed E-state index contributed by atoms with van der Waals surface area (Å²) in [5.74, 6) is 0.881. The smallest absolute Gasteiger partial charge is 0.339 e. The lowest BCUT2D eigenvalue weighted by Crippen LogP contribution is -2.58. The van der Waals surface area contributed by atoms with Crippen LogP contribution >= 0.6 is 142 Å². The first-order valence-corrected chi connectivity index (χ1v) is 32.2. The van der Waals surface area contributed by atoms with Crippen LogP contribution < -0.4 is 66.0 Å². The van der Waals surface area contributed by atoms with Crippen LogP contribution in [0.25, 0.3) is 0 Å². The first kappa shape index (κ1) is 67.2. The molecule has 0 radical (unpaired) electrons. The van der Waals surface area contributed by atoms with Crippen LogP contribution in [0.15, 0.2) is 28.8 Å². The van der Waals surface area contributed by atoms with Gasteiger partial charge >= 0.3 is 34.1 Å². The molecule has 2 aromatic rings. The molecule has 36 heteroatoms. The van der Waals surface area contributed by atoms with Crippen molar-refractivity contribution in [1.29, 1.82) is 0 Å². The van der Waals surface area contributed by atoms with Crippen LogP contribution in [0.2, 0.25) is 0 Å². The number of thioether (sulfide) groups is 4. The Morgan fingerprint density at radius 3 is 0.797 bits per heavy atom. The number of ether oxygens (including phenoxy) is 6. The molecule has 2 heterocycles. The molecule has 24 nitrogen and oxygen atoms in total. The van der Waals surface area contributed by atoms with E-state index in [9.17, 15) is 28.8 Å². The zero-order chi connectivity index (χ0) is 55.7. The molecule has 0 spiro atoms. The monoisotopic (exact) mass is 1260 g/mol. The predicted octanol–water partition coefficient (Wildman–Crippen LogP) is -0.213. The van der Waals surface area contributed by atoms with E-state index in [0.717, 1.165) is 27.4 Å². The summed E-state index contributed by atoms with van der Waals surface area (Å²) in [6, 6.07) is 0. The zero-order valence-electron chi connectivity index (χ0n) is 42.0. The van der Waals surface area contributed by atoms with Crippen LogP contribution in [0.1, 0.15) is 12.5 Å². The highest BCUT2D eigenvalue weighted by Gasteiger charge is 2.30. The largest absolute Gasteiger partial charge is 0.465 e. The highest BCUT2D eigenvalue weighted by Crippen LogP contribution is 2.26. The minimum Gasteiger partial charge on any atom is -0.465 e. The number of hydrogen-bond donors (Lipinski definition) is 6. The van der Waals surface area contributed by atoms with E-state index < -0.39 is 84.1 Å². The number of hydrogen-bond acceptors (Lipinski definition) is 24. The lowest BCUT2D eigenvalue weighted by molar-refractivity contribution is 0.116. The molecule has 6 unspecified atom stereocenters. The van der Waals surface area contributed by atoms with E-state index in [0.29, 0.717) is 11.5 Å². The summed E-state index contributed by atoms with van der Waals surface area (Å²) in [5, 5.41) is 16.0. The molecule has 0 aliphatic carbocycles. The molecule has 418 valence electrons. The third kappa shape index (κ3) is 20.8. The molecule has 0 aromatic carbocycles. The first-order valence-electron chi connectivity index (χ1n) is 21.7. The third-order valence-corrected chi connectivity index (χ3v) is 16.5. The van der Waals surface area contributed by atoms with Gasteiger partial charge in [0.1, 0.15) is 24.4 Å². The maximum absolute atomic E-state index is 14.5.